The predicted molar refractivity (Wildman–Crippen MR) is 140 cm³/mol. The summed E-state index contributed by atoms with van der Waals surface area (Å²) in [6, 6.07) is 10.9. The molecule has 9 nitrogen and oxygen atoms in total. The largest absolute Gasteiger partial charge is 0.491 e. The normalized spacial score (nSPS) is 17.2. The van der Waals surface area contributed by atoms with Gasteiger partial charge in [0.05, 0.1) is 18.1 Å². The SMILES string of the molecule is COc1c(-c2ccc3nc(Cc4cc(C(C)N5CCNCC5)ccn4)[nH]c3c2)ncnc1N1CCC1. The van der Waals surface area contributed by atoms with E-state index in [0.717, 1.165) is 84.6 Å². The Kier molecular flexibility index (Phi) is 6.25. The standard InChI is InChI=1S/C27H32N8O/c1-18(34-12-8-28-9-13-34)19-6-7-29-21(14-19)16-24-32-22-5-4-20(15-23(22)33-24)25-26(36-2)27(31-17-30-25)35-10-3-11-35/h4-7,14-15,17-18,28H,3,8-13,16H2,1-2H3,(H,32,33). The molecule has 0 saturated carbocycles. The minimum Gasteiger partial charge on any atom is -0.491 e. The lowest BCUT2D eigenvalue weighted by Crippen LogP contribution is -2.44. The average Bonchev–Trinajstić information content (AvgIpc) is 3.29. The van der Waals surface area contributed by atoms with Gasteiger partial charge in [-0.15, -0.1) is 0 Å². The van der Waals surface area contributed by atoms with Crippen LogP contribution in [0.3, 0.4) is 0 Å². The fraction of sp³-hybridized carbons (Fsp3) is 0.407. The van der Waals surface area contributed by atoms with Crippen molar-refractivity contribution in [3.05, 3.63) is 59.9 Å². The number of aromatic amines is 1. The van der Waals surface area contributed by atoms with Gasteiger partial charge in [-0.05, 0) is 43.2 Å². The Morgan fingerprint density at radius 1 is 1.03 bits per heavy atom. The second-order valence-corrected chi connectivity index (χ2v) is 9.55. The molecule has 0 spiro atoms. The van der Waals surface area contributed by atoms with E-state index < -0.39 is 0 Å². The van der Waals surface area contributed by atoms with E-state index in [1.165, 1.54) is 12.0 Å². The van der Waals surface area contributed by atoms with Gasteiger partial charge in [0, 0.05) is 69.2 Å². The molecule has 36 heavy (non-hydrogen) atoms. The number of hydrogen-bond donors (Lipinski definition) is 2. The number of anilines is 1. The fourth-order valence-electron chi connectivity index (χ4n) is 5.11. The Labute approximate surface area is 211 Å². The maximum absolute atomic E-state index is 5.75. The van der Waals surface area contributed by atoms with Crippen LogP contribution in [0.1, 0.15) is 36.5 Å². The number of H-pyrrole nitrogens is 1. The number of aromatic nitrogens is 5. The molecular formula is C27H32N8O. The highest BCUT2D eigenvalue weighted by Gasteiger charge is 2.23. The lowest BCUT2D eigenvalue weighted by atomic mass is 10.1. The Morgan fingerprint density at radius 2 is 1.89 bits per heavy atom. The van der Waals surface area contributed by atoms with Gasteiger partial charge in [-0.3, -0.25) is 9.88 Å². The highest BCUT2D eigenvalue weighted by molar-refractivity contribution is 5.84. The van der Waals surface area contributed by atoms with Crippen molar-refractivity contribution in [2.24, 2.45) is 0 Å². The molecule has 1 atom stereocenters. The van der Waals surface area contributed by atoms with Crippen LogP contribution in [-0.2, 0) is 6.42 Å². The number of hydrogen-bond acceptors (Lipinski definition) is 8. The summed E-state index contributed by atoms with van der Waals surface area (Å²) < 4.78 is 5.75. The Morgan fingerprint density at radius 3 is 2.67 bits per heavy atom. The lowest BCUT2D eigenvalue weighted by molar-refractivity contribution is 0.185. The monoisotopic (exact) mass is 484 g/mol. The molecule has 2 aliphatic heterocycles. The van der Waals surface area contributed by atoms with Crippen LogP contribution < -0.4 is 15.0 Å². The molecule has 0 amide bonds. The average molecular weight is 485 g/mol. The van der Waals surface area contributed by atoms with Gasteiger partial charge in [0.25, 0.3) is 0 Å². The first kappa shape index (κ1) is 22.9. The van der Waals surface area contributed by atoms with Crippen molar-refractivity contribution in [3.8, 4) is 17.0 Å². The van der Waals surface area contributed by atoms with E-state index in [1.807, 2.05) is 18.3 Å². The molecule has 1 unspecified atom stereocenters. The maximum atomic E-state index is 5.75. The van der Waals surface area contributed by atoms with Gasteiger partial charge in [0.2, 0.25) is 0 Å². The molecule has 0 aliphatic carbocycles. The number of piperazine rings is 1. The topological polar surface area (TPSA) is 95.1 Å². The zero-order chi connectivity index (χ0) is 24.5. The van der Waals surface area contributed by atoms with Gasteiger partial charge < -0.3 is 19.9 Å². The number of pyridine rings is 1. The molecule has 3 aromatic heterocycles. The Bertz CT molecular complexity index is 1360. The molecule has 9 heteroatoms. The minimum absolute atomic E-state index is 0.371. The number of rotatable bonds is 7. The third kappa shape index (κ3) is 4.40. The van der Waals surface area contributed by atoms with Gasteiger partial charge in [0.15, 0.2) is 11.6 Å². The summed E-state index contributed by atoms with van der Waals surface area (Å²) in [4.78, 5) is 26.7. The van der Waals surface area contributed by atoms with Crippen LogP contribution >= 0.6 is 0 Å². The molecule has 5 heterocycles. The molecule has 0 bridgehead atoms. The molecule has 0 radical (unpaired) electrons. The van der Waals surface area contributed by atoms with Crippen LogP contribution in [0.15, 0.2) is 42.9 Å². The molecule has 2 saturated heterocycles. The van der Waals surface area contributed by atoms with Crippen molar-refractivity contribution < 1.29 is 4.74 Å². The molecule has 2 N–H and O–H groups in total. The molecule has 4 aromatic rings. The van der Waals surface area contributed by atoms with E-state index in [2.05, 4.69) is 60.2 Å². The lowest BCUT2D eigenvalue weighted by Gasteiger charge is -2.33. The van der Waals surface area contributed by atoms with Crippen LogP contribution in [0.25, 0.3) is 22.3 Å². The first-order valence-electron chi connectivity index (χ1n) is 12.7. The van der Waals surface area contributed by atoms with Gasteiger partial charge in [-0.25, -0.2) is 15.0 Å². The number of nitrogens with one attached hydrogen (secondary N) is 2. The fourth-order valence-corrected chi connectivity index (χ4v) is 5.11. The van der Waals surface area contributed by atoms with Crippen molar-refractivity contribution >= 4 is 16.9 Å². The van der Waals surface area contributed by atoms with E-state index in [-0.39, 0.29) is 0 Å². The summed E-state index contributed by atoms with van der Waals surface area (Å²) in [7, 11) is 1.68. The van der Waals surface area contributed by atoms with Crippen molar-refractivity contribution in [2.75, 3.05) is 51.3 Å². The van der Waals surface area contributed by atoms with E-state index in [9.17, 15) is 0 Å². The number of ether oxygens (including phenoxy) is 1. The van der Waals surface area contributed by atoms with Gasteiger partial charge >= 0.3 is 0 Å². The predicted octanol–water partition coefficient (Wildman–Crippen LogP) is 3.19. The van der Waals surface area contributed by atoms with Gasteiger partial charge in [0.1, 0.15) is 17.8 Å². The van der Waals surface area contributed by atoms with Crippen molar-refractivity contribution in [1.29, 1.82) is 0 Å². The second-order valence-electron chi connectivity index (χ2n) is 9.55. The summed E-state index contributed by atoms with van der Waals surface area (Å²) in [6.07, 6.45) is 5.37. The van der Waals surface area contributed by atoms with Crippen LogP contribution in [0.4, 0.5) is 5.82 Å². The van der Waals surface area contributed by atoms with Crippen molar-refractivity contribution in [1.82, 2.24) is 35.1 Å². The first-order valence-corrected chi connectivity index (χ1v) is 12.7. The van der Waals surface area contributed by atoms with E-state index in [0.29, 0.717) is 12.5 Å². The van der Waals surface area contributed by atoms with Crippen LogP contribution in [0, 0.1) is 0 Å². The van der Waals surface area contributed by atoms with Crippen LogP contribution in [0.2, 0.25) is 0 Å². The number of benzene rings is 1. The van der Waals surface area contributed by atoms with Gasteiger partial charge in [-0.2, -0.15) is 0 Å². The zero-order valence-corrected chi connectivity index (χ0v) is 20.9. The van der Waals surface area contributed by atoms with Crippen molar-refractivity contribution in [2.45, 2.75) is 25.8 Å². The molecule has 2 aliphatic rings. The smallest absolute Gasteiger partial charge is 0.187 e. The van der Waals surface area contributed by atoms with E-state index >= 15 is 0 Å². The quantitative estimate of drug-likeness (QED) is 0.413. The summed E-state index contributed by atoms with van der Waals surface area (Å²) >= 11 is 0. The summed E-state index contributed by atoms with van der Waals surface area (Å²) in [5.74, 6) is 2.48. The Hall–Kier alpha value is -3.56. The van der Waals surface area contributed by atoms with Crippen LogP contribution in [-0.4, -0.2) is 76.2 Å². The number of methoxy groups -OCH3 is 1. The number of fused-ring (bicyclic) bond motifs is 1. The number of imidazole rings is 1. The van der Waals surface area contributed by atoms with Crippen LogP contribution in [0.5, 0.6) is 5.75 Å². The molecular weight excluding hydrogens is 452 g/mol. The summed E-state index contributed by atoms with van der Waals surface area (Å²) in [5, 5.41) is 3.43. The van der Waals surface area contributed by atoms with E-state index in [4.69, 9.17) is 9.72 Å². The zero-order valence-electron chi connectivity index (χ0n) is 20.9. The third-order valence-corrected chi connectivity index (χ3v) is 7.32. The molecule has 2 fully saturated rings. The molecule has 6 rings (SSSR count). The van der Waals surface area contributed by atoms with E-state index in [1.54, 1.807) is 13.4 Å². The first-order chi connectivity index (χ1) is 17.7. The second kappa shape index (κ2) is 9.83. The van der Waals surface area contributed by atoms with Crippen molar-refractivity contribution in [3.63, 3.8) is 0 Å². The Balaban J connectivity index is 1.25. The summed E-state index contributed by atoms with van der Waals surface area (Å²) in [5.41, 5.74) is 5.99. The highest BCUT2D eigenvalue weighted by Crippen LogP contribution is 2.37. The van der Waals surface area contributed by atoms with Gasteiger partial charge in [-0.1, -0.05) is 6.07 Å². The molecule has 186 valence electrons. The highest BCUT2D eigenvalue weighted by atomic mass is 16.5. The number of nitrogens with zero attached hydrogens (tertiary/aromatic N) is 6. The minimum atomic E-state index is 0.371. The summed E-state index contributed by atoms with van der Waals surface area (Å²) in [6.45, 7) is 8.51. The molecule has 1 aromatic carbocycles. The third-order valence-electron chi connectivity index (χ3n) is 7.32. The maximum Gasteiger partial charge on any atom is 0.187 e.